The van der Waals surface area contributed by atoms with Crippen molar-refractivity contribution in [1.29, 1.82) is 0 Å². The van der Waals surface area contributed by atoms with Crippen LogP contribution in [0, 0.1) is 20.8 Å². The number of nitrogens with zero attached hydrogens (tertiary/aromatic N) is 5. The van der Waals surface area contributed by atoms with E-state index in [0.717, 1.165) is 67.5 Å². The molecule has 2 aromatic heterocycles. The van der Waals surface area contributed by atoms with Gasteiger partial charge in [0.15, 0.2) is 0 Å². The number of anilines is 2. The summed E-state index contributed by atoms with van der Waals surface area (Å²) < 4.78 is 0. The van der Waals surface area contributed by atoms with E-state index in [0.29, 0.717) is 18.4 Å². The minimum absolute atomic E-state index is 0.215. The molecule has 1 fully saturated rings. The van der Waals surface area contributed by atoms with Crippen molar-refractivity contribution in [2.24, 2.45) is 0 Å². The van der Waals surface area contributed by atoms with Crippen molar-refractivity contribution in [2.45, 2.75) is 53.4 Å². The molecular weight excluding hydrogens is 376 g/mol. The van der Waals surface area contributed by atoms with Gasteiger partial charge in [-0.3, -0.25) is 14.7 Å². The minimum Gasteiger partial charge on any atom is -0.342 e. The van der Waals surface area contributed by atoms with E-state index in [9.17, 15) is 4.79 Å². The van der Waals surface area contributed by atoms with E-state index in [1.807, 2.05) is 51.7 Å². The highest BCUT2D eigenvalue weighted by atomic mass is 16.2. The van der Waals surface area contributed by atoms with Crippen molar-refractivity contribution in [1.82, 2.24) is 24.8 Å². The van der Waals surface area contributed by atoms with Gasteiger partial charge in [-0.1, -0.05) is 0 Å². The highest BCUT2D eigenvalue weighted by molar-refractivity contribution is 5.78. The molecule has 1 saturated heterocycles. The first kappa shape index (κ1) is 22.2. The van der Waals surface area contributed by atoms with Gasteiger partial charge >= 0.3 is 0 Å². The molecule has 7 nitrogen and oxygen atoms in total. The number of piperidine rings is 1. The van der Waals surface area contributed by atoms with Crippen LogP contribution in [-0.4, -0.2) is 63.4 Å². The highest BCUT2D eigenvalue weighted by Gasteiger charge is 2.25. The van der Waals surface area contributed by atoms with Crippen LogP contribution in [0.2, 0.25) is 0 Å². The van der Waals surface area contributed by atoms with Crippen molar-refractivity contribution in [3.8, 4) is 0 Å². The Hall–Kier alpha value is -2.54. The highest BCUT2D eigenvalue weighted by Crippen LogP contribution is 2.28. The first-order chi connectivity index (χ1) is 14.4. The number of carbonyl (C=O) groups is 1. The summed E-state index contributed by atoms with van der Waals surface area (Å²) in [6, 6.07) is 6.09. The molecule has 3 heterocycles. The third-order valence-electron chi connectivity index (χ3n) is 5.61. The Labute approximate surface area is 179 Å². The van der Waals surface area contributed by atoms with E-state index in [-0.39, 0.29) is 5.91 Å². The van der Waals surface area contributed by atoms with Crippen LogP contribution < -0.4 is 5.32 Å². The number of hydrogen-bond donors (Lipinski definition) is 1. The predicted octanol–water partition coefficient (Wildman–Crippen LogP) is 3.59. The van der Waals surface area contributed by atoms with Gasteiger partial charge in [-0.2, -0.15) is 0 Å². The summed E-state index contributed by atoms with van der Waals surface area (Å²) >= 11 is 0. The van der Waals surface area contributed by atoms with Crippen molar-refractivity contribution < 1.29 is 4.79 Å². The van der Waals surface area contributed by atoms with Crippen LogP contribution >= 0.6 is 0 Å². The molecule has 162 valence electrons. The normalized spacial score (nSPS) is 17.0. The van der Waals surface area contributed by atoms with Crippen LogP contribution in [0.15, 0.2) is 18.2 Å². The van der Waals surface area contributed by atoms with Gasteiger partial charge in [0.05, 0.1) is 6.54 Å². The summed E-state index contributed by atoms with van der Waals surface area (Å²) in [6.07, 6.45) is 2.17. The topological polar surface area (TPSA) is 74.2 Å². The number of rotatable bonds is 7. The second kappa shape index (κ2) is 9.98. The van der Waals surface area contributed by atoms with E-state index in [2.05, 4.69) is 26.3 Å². The Bertz CT molecular complexity index is 860. The van der Waals surface area contributed by atoms with Crippen LogP contribution in [0.1, 0.15) is 55.4 Å². The van der Waals surface area contributed by atoms with Gasteiger partial charge in [0.2, 0.25) is 11.9 Å². The Morgan fingerprint density at radius 3 is 2.40 bits per heavy atom. The fraction of sp³-hybridized carbons (Fsp3) is 0.565. The summed E-state index contributed by atoms with van der Waals surface area (Å²) in [5.74, 6) is 1.15. The number of pyridine rings is 1. The van der Waals surface area contributed by atoms with E-state index in [1.54, 1.807) is 0 Å². The van der Waals surface area contributed by atoms with Crippen molar-refractivity contribution in [3.05, 3.63) is 41.0 Å². The van der Waals surface area contributed by atoms with Gasteiger partial charge in [0.1, 0.15) is 0 Å². The van der Waals surface area contributed by atoms with Gasteiger partial charge in [-0.25, -0.2) is 9.97 Å². The summed E-state index contributed by atoms with van der Waals surface area (Å²) in [7, 11) is 0. The third kappa shape index (κ3) is 5.75. The zero-order chi connectivity index (χ0) is 21.7. The predicted molar refractivity (Wildman–Crippen MR) is 120 cm³/mol. The second-order valence-corrected chi connectivity index (χ2v) is 8.16. The van der Waals surface area contributed by atoms with Gasteiger partial charge in [-0.05, 0) is 72.2 Å². The molecule has 0 aliphatic carbocycles. The number of likely N-dealkylation sites (tertiary alicyclic amines) is 1. The fourth-order valence-electron chi connectivity index (χ4n) is 4.19. The average Bonchev–Trinajstić information content (AvgIpc) is 2.68. The van der Waals surface area contributed by atoms with E-state index >= 15 is 0 Å². The molecule has 0 bridgehead atoms. The number of nitrogens with one attached hydrogen (secondary N) is 1. The molecular formula is C23H34N6O. The van der Waals surface area contributed by atoms with Crippen LogP contribution in [-0.2, 0) is 4.79 Å². The monoisotopic (exact) mass is 410 g/mol. The van der Waals surface area contributed by atoms with Crippen LogP contribution in [0.3, 0.4) is 0 Å². The molecule has 1 aliphatic rings. The SMILES string of the molecule is CCN(CC)C(=O)CN1CCC[C@H](c2cc(Nc3nc(C)cc(C)n3)cc(C)n2)C1. The summed E-state index contributed by atoms with van der Waals surface area (Å²) in [5.41, 5.74) is 4.88. The van der Waals surface area contributed by atoms with Gasteiger partial charge in [0, 0.05) is 54.0 Å². The molecule has 2 aromatic rings. The lowest BCUT2D eigenvalue weighted by molar-refractivity contribution is -0.132. The Balaban J connectivity index is 1.72. The maximum atomic E-state index is 12.5. The standard InChI is InChI=1S/C23H34N6O/c1-6-29(7-2)22(30)15-28-10-8-9-19(14-28)21-13-20(12-18(5)24-21)27-23-25-16(3)11-17(4)26-23/h11-13,19H,6-10,14-15H2,1-5H3,(H,24,25,26,27)/t19-/m0/s1. The molecule has 1 atom stereocenters. The summed E-state index contributed by atoms with van der Waals surface area (Å²) in [4.78, 5) is 30.5. The summed E-state index contributed by atoms with van der Waals surface area (Å²) in [5, 5.41) is 3.34. The first-order valence-corrected chi connectivity index (χ1v) is 11.0. The van der Waals surface area contributed by atoms with Crippen LogP contribution in [0.4, 0.5) is 11.6 Å². The zero-order valence-corrected chi connectivity index (χ0v) is 18.9. The maximum absolute atomic E-state index is 12.5. The fourth-order valence-corrected chi connectivity index (χ4v) is 4.19. The number of aryl methyl sites for hydroxylation is 3. The molecule has 1 aliphatic heterocycles. The van der Waals surface area contributed by atoms with Crippen LogP contribution in [0.25, 0.3) is 0 Å². The average molecular weight is 411 g/mol. The number of likely N-dealkylation sites (N-methyl/N-ethyl adjacent to an activating group) is 1. The quantitative estimate of drug-likeness (QED) is 0.752. The van der Waals surface area contributed by atoms with Crippen molar-refractivity contribution in [2.75, 3.05) is 38.0 Å². The number of amides is 1. The molecule has 0 saturated carbocycles. The number of hydrogen-bond acceptors (Lipinski definition) is 6. The lowest BCUT2D eigenvalue weighted by atomic mass is 9.93. The van der Waals surface area contributed by atoms with Crippen molar-refractivity contribution >= 4 is 17.5 Å². The molecule has 0 radical (unpaired) electrons. The van der Waals surface area contributed by atoms with Crippen molar-refractivity contribution in [3.63, 3.8) is 0 Å². The second-order valence-electron chi connectivity index (χ2n) is 8.16. The first-order valence-electron chi connectivity index (χ1n) is 11.0. The molecule has 0 unspecified atom stereocenters. The summed E-state index contributed by atoms with van der Waals surface area (Å²) in [6.45, 7) is 13.9. The molecule has 3 rings (SSSR count). The third-order valence-corrected chi connectivity index (χ3v) is 5.61. The minimum atomic E-state index is 0.215. The van der Waals surface area contributed by atoms with E-state index in [4.69, 9.17) is 4.98 Å². The molecule has 1 amide bonds. The number of aromatic nitrogens is 3. The Morgan fingerprint density at radius 1 is 1.07 bits per heavy atom. The van der Waals surface area contributed by atoms with Gasteiger partial charge in [-0.15, -0.1) is 0 Å². The molecule has 7 heteroatoms. The largest absolute Gasteiger partial charge is 0.342 e. The molecule has 1 N–H and O–H groups in total. The van der Waals surface area contributed by atoms with Crippen LogP contribution in [0.5, 0.6) is 0 Å². The lowest BCUT2D eigenvalue weighted by Crippen LogP contribution is -2.43. The van der Waals surface area contributed by atoms with E-state index < -0.39 is 0 Å². The molecule has 0 spiro atoms. The van der Waals surface area contributed by atoms with E-state index in [1.165, 1.54) is 0 Å². The van der Waals surface area contributed by atoms with Gasteiger partial charge < -0.3 is 10.2 Å². The van der Waals surface area contributed by atoms with Gasteiger partial charge in [0.25, 0.3) is 0 Å². The Morgan fingerprint density at radius 2 is 1.73 bits per heavy atom. The number of carbonyl (C=O) groups excluding carboxylic acids is 1. The molecule has 0 aromatic carbocycles. The molecule has 30 heavy (non-hydrogen) atoms. The maximum Gasteiger partial charge on any atom is 0.236 e. The Kier molecular flexibility index (Phi) is 7.37. The lowest BCUT2D eigenvalue weighted by Gasteiger charge is -2.33. The smallest absolute Gasteiger partial charge is 0.236 e. The zero-order valence-electron chi connectivity index (χ0n) is 18.9.